The van der Waals surface area contributed by atoms with Crippen LogP contribution in [0.4, 0.5) is 0 Å². The highest BCUT2D eigenvalue weighted by Crippen LogP contribution is 2.34. The second-order valence-corrected chi connectivity index (χ2v) is 8.23. The van der Waals surface area contributed by atoms with Gasteiger partial charge < -0.3 is 14.4 Å². The Morgan fingerprint density at radius 1 is 1.14 bits per heavy atom. The van der Waals surface area contributed by atoms with Crippen LogP contribution in [0.5, 0.6) is 11.5 Å². The molecule has 1 aliphatic heterocycles. The number of thiophene rings is 1. The third-order valence-electron chi connectivity index (χ3n) is 4.62. The number of amides is 1. The average Bonchev–Trinajstić information content (AvgIpc) is 3.39. The fourth-order valence-corrected chi connectivity index (χ4v) is 4.93. The maximum absolute atomic E-state index is 13.0. The maximum Gasteiger partial charge on any atom is 0.273 e. The normalized spacial score (nSPS) is 13.3. The lowest BCUT2D eigenvalue weighted by Crippen LogP contribution is -2.36. The Bertz CT molecular complexity index is 966. The number of hydrogen-bond acceptors (Lipinski definition) is 6. The molecular weight excluding hydrogens is 392 g/mol. The summed E-state index contributed by atoms with van der Waals surface area (Å²) in [7, 11) is 0. The van der Waals surface area contributed by atoms with Gasteiger partial charge in [0.2, 0.25) is 0 Å². The first-order chi connectivity index (χ1) is 13.7. The monoisotopic (exact) mass is 414 g/mol. The Balaban J connectivity index is 1.54. The molecule has 2 aromatic heterocycles. The van der Waals surface area contributed by atoms with Gasteiger partial charge in [-0.15, -0.1) is 22.7 Å². The van der Waals surface area contributed by atoms with Gasteiger partial charge in [-0.2, -0.15) is 0 Å². The first kappa shape index (κ1) is 19.0. The quantitative estimate of drug-likeness (QED) is 0.578. The van der Waals surface area contributed by atoms with Crippen molar-refractivity contribution >= 4 is 28.6 Å². The van der Waals surface area contributed by atoms with E-state index in [0.717, 1.165) is 33.4 Å². The Hall–Kier alpha value is -2.38. The van der Waals surface area contributed by atoms with Gasteiger partial charge >= 0.3 is 0 Å². The Labute approximate surface area is 172 Å². The largest absolute Gasteiger partial charge is 0.490 e. The summed E-state index contributed by atoms with van der Waals surface area (Å²) in [6, 6.07) is 8.10. The standard InChI is InChI=1S/C21H22N2O3S2/c1-3-25-17-10-14-7-8-23(12-15(14)11-18(17)26-4-2)21(24)16-13-28-20(22-16)19-6-5-9-27-19/h5-6,9-11,13H,3-4,7-8,12H2,1-2H3. The van der Waals surface area contributed by atoms with E-state index in [1.807, 2.05) is 47.7 Å². The summed E-state index contributed by atoms with van der Waals surface area (Å²) in [5.74, 6) is 1.51. The van der Waals surface area contributed by atoms with Gasteiger partial charge in [0, 0.05) is 18.5 Å². The number of benzene rings is 1. The van der Waals surface area contributed by atoms with Crippen molar-refractivity contribution in [3.8, 4) is 21.4 Å². The second-order valence-electron chi connectivity index (χ2n) is 6.43. The third kappa shape index (κ3) is 3.77. The number of nitrogens with zero attached hydrogens (tertiary/aromatic N) is 2. The lowest BCUT2D eigenvalue weighted by Gasteiger charge is -2.29. The van der Waals surface area contributed by atoms with Crippen LogP contribution in [0.3, 0.4) is 0 Å². The smallest absolute Gasteiger partial charge is 0.273 e. The van der Waals surface area contributed by atoms with Gasteiger partial charge in [-0.1, -0.05) is 6.07 Å². The fraction of sp³-hybridized carbons (Fsp3) is 0.333. The average molecular weight is 415 g/mol. The van der Waals surface area contributed by atoms with E-state index >= 15 is 0 Å². The van der Waals surface area contributed by atoms with E-state index in [4.69, 9.17) is 9.47 Å². The molecule has 0 bridgehead atoms. The zero-order valence-electron chi connectivity index (χ0n) is 15.9. The lowest BCUT2D eigenvalue weighted by molar-refractivity contribution is 0.0729. The van der Waals surface area contributed by atoms with Crippen molar-refractivity contribution in [1.29, 1.82) is 0 Å². The van der Waals surface area contributed by atoms with E-state index in [1.165, 1.54) is 16.9 Å². The molecule has 0 atom stereocenters. The van der Waals surface area contributed by atoms with E-state index in [9.17, 15) is 4.79 Å². The van der Waals surface area contributed by atoms with E-state index in [2.05, 4.69) is 11.1 Å². The number of thiazole rings is 1. The van der Waals surface area contributed by atoms with Crippen molar-refractivity contribution in [3.63, 3.8) is 0 Å². The minimum absolute atomic E-state index is 0.0171. The molecule has 0 N–H and O–H groups in total. The van der Waals surface area contributed by atoms with E-state index < -0.39 is 0 Å². The number of carbonyl (C=O) groups is 1. The van der Waals surface area contributed by atoms with Gasteiger partial charge in [0.1, 0.15) is 10.7 Å². The maximum atomic E-state index is 13.0. The van der Waals surface area contributed by atoms with Gasteiger partial charge in [0.25, 0.3) is 5.91 Å². The molecule has 1 aliphatic rings. The van der Waals surface area contributed by atoms with E-state index in [0.29, 0.717) is 32.0 Å². The summed E-state index contributed by atoms with van der Waals surface area (Å²) in [6.45, 7) is 6.34. The highest BCUT2D eigenvalue weighted by atomic mass is 32.1. The molecule has 0 fully saturated rings. The molecule has 1 aromatic carbocycles. The summed E-state index contributed by atoms with van der Waals surface area (Å²) in [5.41, 5.74) is 2.85. The molecule has 7 heteroatoms. The summed E-state index contributed by atoms with van der Waals surface area (Å²) in [6.07, 6.45) is 0.801. The third-order valence-corrected chi connectivity index (χ3v) is 6.50. The molecule has 5 nitrogen and oxygen atoms in total. The van der Waals surface area contributed by atoms with Crippen LogP contribution in [-0.4, -0.2) is 35.5 Å². The molecule has 0 aliphatic carbocycles. The summed E-state index contributed by atoms with van der Waals surface area (Å²) < 4.78 is 11.5. The fourth-order valence-electron chi connectivity index (χ4n) is 3.32. The number of ether oxygens (including phenoxy) is 2. The zero-order chi connectivity index (χ0) is 19.5. The molecule has 0 radical (unpaired) electrons. The molecule has 0 unspecified atom stereocenters. The van der Waals surface area contributed by atoms with Gasteiger partial charge in [-0.3, -0.25) is 4.79 Å². The molecular formula is C21H22N2O3S2. The lowest BCUT2D eigenvalue weighted by atomic mass is 9.98. The summed E-state index contributed by atoms with van der Waals surface area (Å²) >= 11 is 3.15. The zero-order valence-corrected chi connectivity index (χ0v) is 17.6. The first-order valence-electron chi connectivity index (χ1n) is 9.39. The Kier molecular flexibility index (Phi) is 5.64. The minimum atomic E-state index is -0.0171. The van der Waals surface area contributed by atoms with E-state index in [-0.39, 0.29) is 5.91 Å². The predicted molar refractivity (Wildman–Crippen MR) is 113 cm³/mol. The van der Waals surface area contributed by atoms with Gasteiger partial charge in [0.15, 0.2) is 11.5 Å². The van der Waals surface area contributed by atoms with Crippen LogP contribution in [0.2, 0.25) is 0 Å². The van der Waals surface area contributed by atoms with Crippen LogP contribution in [0.15, 0.2) is 35.0 Å². The van der Waals surface area contributed by atoms with Gasteiger partial charge in [0.05, 0.1) is 18.1 Å². The first-order valence-corrected chi connectivity index (χ1v) is 11.2. The topological polar surface area (TPSA) is 51.7 Å². The van der Waals surface area contributed by atoms with Crippen LogP contribution < -0.4 is 9.47 Å². The highest BCUT2D eigenvalue weighted by molar-refractivity contribution is 7.20. The highest BCUT2D eigenvalue weighted by Gasteiger charge is 2.25. The van der Waals surface area contributed by atoms with Crippen molar-refractivity contribution in [2.75, 3.05) is 19.8 Å². The van der Waals surface area contributed by atoms with Crippen molar-refractivity contribution in [3.05, 3.63) is 51.8 Å². The summed E-state index contributed by atoms with van der Waals surface area (Å²) in [4.78, 5) is 20.5. The van der Waals surface area contributed by atoms with Crippen molar-refractivity contribution < 1.29 is 14.3 Å². The number of fused-ring (bicyclic) bond motifs is 1. The van der Waals surface area contributed by atoms with Crippen LogP contribution in [0.1, 0.15) is 35.5 Å². The Morgan fingerprint density at radius 2 is 1.89 bits per heavy atom. The van der Waals surface area contributed by atoms with E-state index in [1.54, 1.807) is 11.3 Å². The van der Waals surface area contributed by atoms with Crippen LogP contribution in [0.25, 0.3) is 9.88 Å². The molecule has 3 heterocycles. The van der Waals surface area contributed by atoms with Crippen LogP contribution in [0, 0.1) is 0 Å². The van der Waals surface area contributed by atoms with Gasteiger partial charge in [-0.05, 0) is 55.0 Å². The number of aromatic nitrogens is 1. The SMILES string of the molecule is CCOc1cc2c(cc1OCC)CN(C(=O)c1csc(-c3cccs3)n1)CC2. The molecule has 28 heavy (non-hydrogen) atoms. The molecule has 1 amide bonds. The molecule has 3 aromatic rings. The van der Waals surface area contributed by atoms with Crippen molar-refractivity contribution in [1.82, 2.24) is 9.88 Å². The molecule has 0 spiro atoms. The number of hydrogen-bond donors (Lipinski definition) is 0. The minimum Gasteiger partial charge on any atom is -0.490 e. The number of rotatable bonds is 6. The van der Waals surface area contributed by atoms with Crippen molar-refractivity contribution in [2.24, 2.45) is 0 Å². The van der Waals surface area contributed by atoms with Crippen molar-refractivity contribution in [2.45, 2.75) is 26.8 Å². The molecule has 0 saturated carbocycles. The molecule has 0 saturated heterocycles. The summed E-state index contributed by atoms with van der Waals surface area (Å²) in [5, 5.41) is 4.78. The van der Waals surface area contributed by atoms with Gasteiger partial charge in [-0.25, -0.2) is 4.98 Å². The Morgan fingerprint density at radius 3 is 2.57 bits per heavy atom. The predicted octanol–water partition coefficient (Wildman–Crippen LogP) is 4.87. The number of carbonyl (C=O) groups excluding carboxylic acids is 1. The van der Waals surface area contributed by atoms with Crippen LogP contribution in [-0.2, 0) is 13.0 Å². The second kappa shape index (κ2) is 8.32. The van der Waals surface area contributed by atoms with Crippen LogP contribution >= 0.6 is 22.7 Å². The molecule has 146 valence electrons. The molecule has 4 rings (SSSR count).